The van der Waals surface area contributed by atoms with Crippen molar-refractivity contribution in [2.24, 2.45) is 17.8 Å². The molecular weight excluding hydrogens is 456 g/mol. The molecule has 2 aromatic carbocycles. The Hall–Kier alpha value is -2.75. The highest BCUT2D eigenvalue weighted by molar-refractivity contribution is 5.93. The summed E-state index contributed by atoms with van der Waals surface area (Å²) in [5.41, 5.74) is 4.34. The van der Waals surface area contributed by atoms with Gasteiger partial charge in [-0.3, -0.25) is 0 Å². The minimum Gasteiger partial charge on any atom is -0.507 e. The predicted octanol–water partition coefficient (Wildman–Crippen LogP) is 8.25. The molecule has 4 saturated carbocycles. The van der Waals surface area contributed by atoms with Crippen LogP contribution in [-0.4, -0.2) is 16.7 Å². The fraction of sp³-hybridized carbons (Fsp3) is 0.545. The van der Waals surface area contributed by atoms with Crippen LogP contribution in [0.15, 0.2) is 36.4 Å². The summed E-state index contributed by atoms with van der Waals surface area (Å²) in [6.07, 6.45) is 11.7. The molecule has 0 radical (unpaired) electrons. The van der Waals surface area contributed by atoms with Gasteiger partial charge in [-0.2, -0.15) is 0 Å². The van der Waals surface area contributed by atoms with Crippen LogP contribution in [0.25, 0.3) is 12.2 Å². The van der Waals surface area contributed by atoms with Crippen molar-refractivity contribution >= 4 is 23.9 Å². The Bertz CT molecular complexity index is 1140. The van der Waals surface area contributed by atoms with Crippen LogP contribution in [0.1, 0.15) is 102 Å². The summed E-state index contributed by atoms with van der Waals surface area (Å²) in [6, 6.07) is 12.0. The van der Waals surface area contributed by atoms with Crippen molar-refractivity contribution in [1.29, 1.82) is 0 Å². The number of carbonyl (C=O) groups is 1. The van der Waals surface area contributed by atoms with E-state index in [0.717, 1.165) is 65.0 Å². The number of carbonyl (C=O) groups excluding carboxylic acids is 1. The lowest BCUT2D eigenvalue weighted by atomic mass is 9.53. The molecule has 3 N–H and O–H groups in total. The van der Waals surface area contributed by atoms with E-state index in [1.807, 2.05) is 24.3 Å². The van der Waals surface area contributed by atoms with Crippen LogP contribution in [0.3, 0.4) is 0 Å². The molecule has 4 heteroatoms. The second-order valence-corrected chi connectivity index (χ2v) is 14.2. The number of urea groups is 1. The second-order valence-electron chi connectivity index (χ2n) is 14.2. The quantitative estimate of drug-likeness (QED) is 0.370. The zero-order valence-electron chi connectivity index (χ0n) is 23.4. The molecule has 2 amide bonds. The van der Waals surface area contributed by atoms with Crippen molar-refractivity contribution < 1.29 is 9.90 Å². The summed E-state index contributed by atoms with van der Waals surface area (Å²) in [6.45, 7) is 12.8. The zero-order valence-corrected chi connectivity index (χ0v) is 23.4. The Morgan fingerprint density at radius 2 is 1.38 bits per heavy atom. The Morgan fingerprint density at radius 3 is 1.89 bits per heavy atom. The first-order valence-corrected chi connectivity index (χ1v) is 14.1. The van der Waals surface area contributed by atoms with Crippen molar-refractivity contribution in [3.05, 3.63) is 58.7 Å². The molecule has 0 spiro atoms. The van der Waals surface area contributed by atoms with Crippen molar-refractivity contribution in [3.63, 3.8) is 0 Å². The highest BCUT2D eigenvalue weighted by Crippen LogP contribution is 2.55. The Morgan fingerprint density at radius 1 is 0.865 bits per heavy atom. The van der Waals surface area contributed by atoms with Gasteiger partial charge in [-0.1, -0.05) is 71.9 Å². The van der Waals surface area contributed by atoms with E-state index in [9.17, 15) is 9.90 Å². The molecule has 4 nitrogen and oxygen atoms in total. The third kappa shape index (κ3) is 5.44. The molecule has 0 atom stereocenters. The standard InChI is InChI=1S/C33H44N2O2/c1-31(2,3)26-16-21(17-27(29(26)36)32(4,5)6)11-12-25-9-7-8-10-28(25)34-30(37)35-33-18-22-13-23(19-33)15-24(14-22)20-33/h7-12,16-17,22-24,36H,13-15,18-20H2,1-6H3,(H2,34,35,37). The molecule has 2 aromatic rings. The van der Waals surface area contributed by atoms with Gasteiger partial charge >= 0.3 is 6.03 Å². The molecule has 198 valence electrons. The zero-order chi connectivity index (χ0) is 26.6. The van der Waals surface area contributed by atoms with Gasteiger partial charge < -0.3 is 15.7 Å². The maximum absolute atomic E-state index is 13.2. The maximum Gasteiger partial charge on any atom is 0.319 e. The predicted molar refractivity (Wildman–Crippen MR) is 154 cm³/mol. The first kappa shape index (κ1) is 25.9. The molecule has 0 saturated heterocycles. The molecule has 0 aliphatic heterocycles. The first-order chi connectivity index (χ1) is 17.3. The van der Waals surface area contributed by atoms with E-state index in [4.69, 9.17) is 0 Å². The topological polar surface area (TPSA) is 61.4 Å². The Labute approximate surface area is 223 Å². The first-order valence-electron chi connectivity index (χ1n) is 14.1. The maximum atomic E-state index is 13.2. The van der Waals surface area contributed by atoms with Crippen LogP contribution in [-0.2, 0) is 10.8 Å². The minimum absolute atomic E-state index is 0.0115. The number of hydrogen-bond acceptors (Lipinski definition) is 2. The van der Waals surface area contributed by atoms with Crippen LogP contribution in [0.5, 0.6) is 5.75 Å². The Kier molecular flexibility index (Phi) is 6.45. The third-order valence-corrected chi connectivity index (χ3v) is 8.83. The smallest absolute Gasteiger partial charge is 0.319 e. The molecule has 0 unspecified atom stereocenters. The SMILES string of the molecule is CC(C)(C)c1cc(C=Cc2ccccc2NC(=O)NC23CC4CC(CC(C4)C2)C3)cc(C(C)(C)C)c1O. The van der Waals surface area contributed by atoms with E-state index in [0.29, 0.717) is 5.75 Å². The summed E-state index contributed by atoms with van der Waals surface area (Å²) < 4.78 is 0. The fourth-order valence-electron chi connectivity index (χ4n) is 7.50. The lowest BCUT2D eigenvalue weighted by Gasteiger charge is -2.56. The number of phenols is 1. The highest BCUT2D eigenvalue weighted by Gasteiger charge is 2.51. The summed E-state index contributed by atoms with van der Waals surface area (Å²) in [4.78, 5) is 13.2. The van der Waals surface area contributed by atoms with Gasteiger partial charge in [0.05, 0.1) is 0 Å². The van der Waals surface area contributed by atoms with E-state index in [2.05, 4.69) is 76.5 Å². The molecule has 4 aliphatic carbocycles. The number of phenolic OH excluding ortho intramolecular Hbond substituents is 1. The highest BCUT2D eigenvalue weighted by atomic mass is 16.3. The molecule has 0 heterocycles. The number of hydrogen-bond donors (Lipinski definition) is 3. The van der Waals surface area contributed by atoms with Crippen LogP contribution in [0.2, 0.25) is 0 Å². The minimum atomic E-state index is -0.178. The van der Waals surface area contributed by atoms with Crippen LogP contribution in [0.4, 0.5) is 10.5 Å². The Balaban J connectivity index is 1.36. The van der Waals surface area contributed by atoms with Gasteiger partial charge in [0.15, 0.2) is 0 Å². The molecule has 37 heavy (non-hydrogen) atoms. The number of nitrogens with one attached hydrogen (secondary N) is 2. The van der Waals surface area contributed by atoms with Crippen LogP contribution < -0.4 is 10.6 Å². The van der Waals surface area contributed by atoms with Gasteiger partial charge in [0.25, 0.3) is 0 Å². The monoisotopic (exact) mass is 500 g/mol. The number of amides is 2. The largest absolute Gasteiger partial charge is 0.507 e. The van der Waals surface area contributed by atoms with Gasteiger partial charge in [0, 0.05) is 22.4 Å². The van der Waals surface area contributed by atoms with E-state index in [1.54, 1.807) is 0 Å². The second kappa shape index (κ2) is 9.22. The van der Waals surface area contributed by atoms with E-state index in [-0.39, 0.29) is 22.4 Å². The van der Waals surface area contributed by atoms with Gasteiger partial charge in [-0.15, -0.1) is 0 Å². The average molecular weight is 501 g/mol. The van der Waals surface area contributed by atoms with Crippen molar-refractivity contribution in [2.45, 2.75) is 96.4 Å². The van der Waals surface area contributed by atoms with Gasteiger partial charge in [0.1, 0.15) is 5.75 Å². The number of aromatic hydroxyl groups is 1. The van der Waals surface area contributed by atoms with Crippen LogP contribution >= 0.6 is 0 Å². The van der Waals surface area contributed by atoms with Gasteiger partial charge in [-0.05, 0) is 96.4 Å². The van der Waals surface area contributed by atoms with Gasteiger partial charge in [-0.25, -0.2) is 4.79 Å². The molecule has 0 aromatic heterocycles. The van der Waals surface area contributed by atoms with E-state index < -0.39 is 0 Å². The summed E-state index contributed by atoms with van der Waals surface area (Å²) in [5, 5.41) is 17.6. The summed E-state index contributed by atoms with van der Waals surface area (Å²) in [7, 11) is 0. The average Bonchev–Trinajstić information content (AvgIpc) is 2.76. The summed E-state index contributed by atoms with van der Waals surface area (Å²) in [5.74, 6) is 2.77. The van der Waals surface area contributed by atoms with E-state index in [1.165, 1.54) is 19.3 Å². The number of benzene rings is 2. The van der Waals surface area contributed by atoms with Crippen LogP contribution in [0, 0.1) is 17.8 Å². The molecule has 4 fully saturated rings. The number of anilines is 1. The lowest BCUT2D eigenvalue weighted by Crippen LogP contribution is -2.60. The third-order valence-electron chi connectivity index (χ3n) is 8.83. The normalized spacial score (nSPS) is 27.0. The molecular formula is C33H44N2O2. The number of rotatable bonds is 4. The lowest BCUT2D eigenvalue weighted by molar-refractivity contribution is -0.0127. The number of para-hydroxylation sites is 1. The van der Waals surface area contributed by atoms with Crippen molar-refractivity contribution in [2.75, 3.05) is 5.32 Å². The van der Waals surface area contributed by atoms with E-state index >= 15 is 0 Å². The summed E-state index contributed by atoms with van der Waals surface area (Å²) >= 11 is 0. The molecule has 4 aliphatic rings. The van der Waals surface area contributed by atoms with Gasteiger partial charge in [0.2, 0.25) is 0 Å². The van der Waals surface area contributed by atoms with Crippen molar-refractivity contribution in [3.8, 4) is 5.75 Å². The van der Waals surface area contributed by atoms with Crippen molar-refractivity contribution in [1.82, 2.24) is 5.32 Å². The molecule has 4 bridgehead atoms. The molecule has 6 rings (SSSR count). The fourth-order valence-corrected chi connectivity index (χ4v) is 7.50.